The number of rotatable bonds is 5. The fourth-order valence-corrected chi connectivity index (χ4v) is 3.92. The van der Waals surface area contributed by atoms with Crippen molar-refractivity contribution in [2.75, 3.05) is 19.6 Å². The Kier molecular flexibility index (Phi) is 4.18. The van der Waals surface area contributed by atoms with Crippen LogP contribution < -0.4 is 0 Å². The fraction of sp³-hybridized carbons (Fsp3) is 0.318. The molecular weight excluding hydrogens is 306 g/mol. The van der Waals surface area contributed by atoms with E-state index in [0.29, 0.717) is 0 Å². The Balaban J connectivity index is 1.99. The molecule has 2 aromatic carbocycles. The number of benzene rings is 2. The molecule has 3 heteroatoms. The van der Waals surface area contributed by atoms with Crippen molar-refractivity contribution in [3.8, 4) is 0 Å². The van der Waals surface area contributed by atoms with Crippen molar-refractivity contribution >= 4 is 32.8 Å². The van der Waals surface area contributed by atoms with E-state index in [0.717, 1.165) is 37.3 Å². The Hall–Kier alpha value is -2.39. The van der Waals surface area contributed by atoms with E-state index in [1.54, 1.807) is 0 Å². The maximum absolute atomic E-state index is 5.05. The van der Waals surface area contributed by atoms with Gasteiger partial charge in [0.1, 0.15) is 5.65 Å². The normalized spacial score (nSPS) is 12.0. The summed E-state index contributed by atoms with van der Waals surface area (Å²) in [6, 6.07) is 17.2. The first-order valence-electron chi connectivity index (χ1n) is 9.23. The first-order chi connectivity index (χ1) is 12.2. The summed E-state index contributed by atoms with van der Waals surface area (Å²) in [5, 5.41) is 3.86. The zero-order chi connectivity index (χ0) is 17.4. The molecule has 0 spiro atoms. The number of fused-ring (bicyclic) bond motifs is 4. The zero-order valence-electron chi connectivity index (χ0n) is 15.3. The Bertz CT molecular complexity index is 1040. The fourth-order valence-electron chi connectivity index (χ4n) is 3.92. The highest BCUT2D eigenvalue weighted by Crippen LogP contribution is 2.33. The SMILES string of the molecule is CCN(CC)CCn1c2ccccc2c2c(C)c3ccccc3nc21. The van der Waals surface area contributed by atoms with E-state index in [4.69, 9.17) is 4.98 Å². The molecule has 0 unspecified atom stereocenters. The van der Waals surface area contributed by atoms with Gasteiger partial charge in [0.05, 0.1) is 11.0 Å². The Morgan fingerprint density at radius 2 is 1.60 bits per heavy atom. The van der Waals surface area contributed by atoms with Crippen LogP contribution in [0.2, 0.25) is 0 Å². The van der Waals surface area contributed by atoms with E-state index in [2.05, 4.69) is 78.8 Å². The summed E-state index contributed by atoms with van der Waals surface area (Å²) in [5.74, 6) is 0. The van der Waals surface area contributed by atoms with Gasteiger partial charge in [0.15, 0.2) is 0 Å². The van der Waals surface area contributed by atoms with Gasteiger partial charge in [-0.25, -0.2) is 4.98 Å². The Morgan fingerprint density at radius 3 is 2.36 bits per heavy atom. The first-order valence-corrected chi connectivity index (χ1v) is 9.23. The third kappa shape index (κ3) is 2.59. The lowest BCUT2D eigenvalue weighted by Gasteiger charge is -2.19. The monoisotopic (exact) mass is 331 g/mol. The number of aryl methyl sites for hydroxylation is 1. The van der Waals surface area contributed by atoms with E-state index < -0.39 is 0 Å². The number of para-hydroxylation sites is 2. The van der Waals surface area contributed by atoms with E-state index >= 15 is 0 Å². The summed E-state index contributed by atoms with van der Waals surface area (Å²) in [6.45, 7) is 10.9. The molecule has 0 N–H and O–H groups in total. The quantitative estimate of drug-likeness (QED) is 0.513. The summed E-state index contributed by atoms with van der Waals surface area (Å²) >= 11 is 0. The van der Waals surface area contributed by atoms with Gasteiger partial charge in [-0.05, 0) is 37.7 Å². The van der Waals surface area contributed by atoms with Crippen LogP contribution in [0.3, 0.4) is 0 Å². The molecular formula is C22H25N3. The molecule has 2 heterocycles. The largest absolute Gasteiger partial charge is 0.324 e. The Morgan fingerprint density at radius 1 is 0.920 bits per heavy atom. The molecule has 0 aliphatic carbocycles. The van der Waals surface area contributed by atoms with Crippen molar-refractivity contribution in [2.45, 2.75) is 27.3 Å². The molecule has 0 aliphatic heterocycles. The molecule has 0 amide bonds. The predicted molar refractivity (Wildman–Crippen MR) is 107 cm³/mol. The number of hydrogen-bond donors (Lipinski definition) is 0. The van der Waals surface area contributed by atoms with Gasteiger partial charge in [-0.15, -0.1) is 0 Å². The van der Waals surface area contributed by atoms with Crippen LogP contribution >= 0.6 is 0 Å². The van der Waals surface area contributed by atoms with Crippen LogP contribution in [0.5, 0.6) is 0 Å². The minimum atomic E-state index is 0.969. The highest BCUT2D eigenvalue weighted by atomic mass is 15.1. The second-order valence-electron chi connectivity index (χ2n) is 6.65. The maximum Gasteiger partial charge on any atom is 0.142 e. The zero-order valence-corrected chi connectivity index (χ0v) is 15.3. The van der Waals surface area contributed by atoms with E-state index in [9.17, 15) is 0 Å². The molecule has 0 radical (unpaired) electrons. The summed E-state index contributed by atoms with van der Waals surface area (Å²) in [4.78, 5) is 7.52. The Labute approximate surface area is 148 Å². The van der Waals surface area contributed by atoms with Crippen molar-refractivity contribution in [3.63, 3.8) is 0 Å². The van der Waals surface area contributed by atoms with Crippen molar-refractivity contribution < 1.29 is 0 Å². The predicted octanol–water partition coefficient (Wildman–Crippen LogP) is 4.99. The number of nitrogens with zero attached hydrogens (tertiary/aromatic N) is 3. The number of likely N-dealkylation sites (N-methyl/N-ethyl adjacent to an activating group) is 1. The number of pyridine rings is 1. The molecule has 3 nitrogen and oxygen atoms in total. The highest BCUT2D eigenvalue weighted by Gasteiger charge is 2.16. The molecule has 0 bridgehead atoms. The lowest BCUT2D eigenvalue weighted by Crippen LogP contribution is -2.27. The molecule has 25 heavy (non-hydrogen) atoms. The lowest BCUT2D eigenvalue weighted by atomic mass is 10.0. The second kappa shape index (κ2) is 6.49. The van der Waals surface area contributed by atoms with Gasteiger partial charge < -0.3 is 9.47 Å². The van der Waals surface area contributed by atoms with Gasteiger partial charge in [-0.2, -0.15) is 0 Å². The van der Waals surface area contributed by atoms with Crippen LogP contribution in [0.15, 0.2) is 48.5 Å². The van der Waals surface area contributed by atoms with Crippen LogP contribution in [0.25, 0.3) is 32.8 Å². The van der Waals surface area contributed by atoms with E-state index in [1.165, 1.54) is 27.2 Å². The van der Waals surface area contributed by atoms with Crippen LogP contribution in [-0.4, -0.2) is 34.1 Å². The first kappa shape index (κ1) is 16.1. The third-order valence-electron chi connectivity index (χ3n) is 5.39. The van der Waals surface area contributed by atoms with Crippen molar-refractivity contribution in [3.05, 3.63) is 54.1 Å². The van der Waals surface area contributed by atoms with Gasteiger partial charge in [0.2, 0.25) is 0 Å². The van der Waals surface area contributed by atoms with E-state index in [-0.39, 0.29) is 0 Å². The lowest BCUT2D eigenvalue weighted by molar-refractivity contribution is 0.293. The van der Waals surface area contributed by atoms with Crippen molar-refractivity contribution in [2.24, 2.45) is 0 Å². The van der Waals surface area contributed by atoms with E-state index in [1.807, 2.05) is 0 Å². The molecule has 0 saturated carbocycles. The van der Waals surface area contributed by atoms with Crippen LogP contribution in [0.4, 0.5) is 0 Å². The van der Waals surface area contributed by atoms with Gasteiger partial charge in [0.25, 0.3) is 0 Å². The highest BCUT2D eigenvalue weighted by molar-refractivity contribution is 6.12. The molecule has 0 atom stereocenters. The molecule has 4 aromatic rings. The van der Waals surface area contributed by atoms with Crippen LogP contribution in [0.1, 0.15) is 19.4 Å². The average Bonchev–Trinajstić information content (AvgIpc) is 2.97. The smallest absolute Gasteiger partial charge is 0.142 e. The molecule has 0 saturated heterocycles. The van der Waals surface area contributed by atoms with Gasteiger partial charge in [-0.3, -0.25) is 0 Å². The van der Waals surface area contributed by atoms with Crippen LogP contribution in [-0.2, 0) is 6.54 Å². The molecule has 128 valence electrons. The van der Waals surface area contributed by atoms with Gasteiger partial charge in [-0.1, -0.05) is 50.2 Å². The molecule has 0 aliphatic rings. The summed E-state index contributed by atoms with van der Waals surface area (Å²) in [7, 11) is 0. The van der Waals surface area contributed by atoms with Gasteiger partial charge in [0, 0.05) is 29.2 Å². The molecule has 0 fully saturated rings. The molecule has 2 aromatic heterocycles. The summed E-state index contributed by atoms with van der Waals surface area (Å²) in [6.07, 6.45) is 0. The summed E-state index contributed by atoms with van der Waals surface area (Å²) < 4.78 is 2.41. The minimum absolute atomic E-state index is 0.969. The maximum atomic E-state index is 5.05. The van der Waals surface area contributed by atoms with Crippen molar-refractivity contribution in [1.29, 1.82) is 0 Å². The average molecular weight is 331 g/mol. The van der Waals surface area contributed by atoms with Gasteiger partial charge >= 0.3 is 0 Å². The van der Waals surface area contributed by atoms with Crippen molar-refractivity contribution in [1.82, 2.24) is 14.5 Å². The van der Waals surface area contributed by atoms with Crippen LogP contribution in [0, 0.1) is 6.92 Å². The third-order valence-corrected chi connectivity index (χ3v) is 5.39. The number of aromatic nitrogens is 2. The standard InChI is InChI=1S/C22H25N3/c1-4-24(5-2)14-15-25-20-13-9-7-11-18(20)21-16(3)17-10-6-8-12-19(17)23-22(21)25/h6-13H,4-5,14-15H2,1-3H3. The second-order valence-corrected chi connectivity index (χ2v) is 6.65. The molecule has 4 rings (SSSR count). The number of hydrogen-bond acceptors (Lipinski definition) is 2. The minimum Gasteiger partial charge on any atom is -0.324 e. The topological polar surface area (TPSA) is 21.1 Å². The summed E-state index contributed by atoms with van der Waals surface area (Å²) in [5.41, 5.74) is 4.82.